The third-order valence-electron chi connectivity index (χ3n) is 5.42. The molecule has 0 spiro atoms. The molecule has 0 radical (unpaired) electrons. The third kappa shape index (κ3) is 3.83. The van der Waals surface area contributed by atoms with Gasteiger partial charge >= 0.3 is 0 Å². The molecule has 6 heteroatoms. The number of hydrogen-bond donors (Lipinski definition) is 0. The van der Waals surface area contributed by atoms with Crippen LogP contribution in [0.5, 0.6) is 0 Å². The van der Waals surface area contributed by atoms with E-state index in [4.69, 9.17) is 18.6 Å². The highest BCUT2D eigenvalue weighted by Crippen LogP contribution is 2.40. The zero-order valence-electron chi connectivity index (χ0n) is 16.5. The van der Waals surface area contributed by atoms with Crippen LogP contribution in [-0.2, 0) is 23.4 Å². The van der Waals surface area contributed by atoms with Gasteiger partial charge in [-0.2, -0.15) is 0 Å². The summed E-state index contributed by atoms with van der Waals surface area (Å²) in [6.07, 6.45) is -1.58. The van der Waals surface area contributed by atoms with Gasteiger partial charge in [0.1, 0.15) is 6.10 Å². The Morgan fingerprint density at radius 3 is 2.25 bits per heavy atom. The second kappa shape index (κ2) is 6.32. The summed E-state index contributed by atoms with van der Waals surface area (Å²) in [5.74, 6) is -0.720. The van der Waals surface area contributed by atoms with E-state index in [1.165, 1.54) is 0 Å². The molecule has 24 heavy (non-hydrogen) atoms. The molecular formula is C18H32O5Si. The van der Waals surface area contributed by atoms with E-state index in [1.54, 1.807) is 0 Å². The van der Waals surface area contributed by atoms with Gasteiger partial charge in [-0.15, -0.1) is 0 Å². The van der Waals surface area contributed by atoms with Gasteiger partial charge < -0.3 is 18.6 Å². The molecule has 3 atom stereocenters. The molecule has 1 saturated heterocycles. The Bertz CT molecular complexity index is 544. The van der Waals surface area contributed by atoms with Crippen molar-refractivity contribution >= 4 is 14.1 Å². The molecule has 0 saturated carbocycles. The topological polar surface area (TPSA) is 54.0 Å². The largest absolute Gasteiger partial charge is 0.389 e. The fraction of sp³-hybridized carbons (Fsp3) is 0.833. The Labute approximate surface area is 146 Å². The smallest absolute Gasteiger partial charge is 0.195 e. The predicted octanol–water partition coefficient (Wildman–Crippen LogP) is 3.79. The van der Waals surface area contributed by atoms with Crippen molar-refractivity contribution in [2.24, 2.45) is 0 Å². The van der Waals surface area contributed by atoms with E-state index < -0.39 is 32.6 Å². The van der Waals surface area contributed by atoms with Crippen molar-refractivity contribution in [2.45, 2.75) is 90.9 Å². The Kier molecular flexibility index (Phi) is 5.21. The number of rotatable bonds is 3. The molecule has 0 N–H and O–H groups in total. The molecule has 0 amide bonds. The van der Waals surface area contributed by atoms with Crippen molar-refractivity contribution in [3.63, 3.8) is 0 Å². The molecule has 138 valence electrons. The quantitative estimate of drug-likeness (QED) is 0.720. The van der Waals surface area contributed by atoms with Crippen LogP contribution in [0.3, 0.4) is 0 Å². The molecular weight excluding hydrogens is 324 g/mol. The maximum atomic E-state index is 12.7. The summed E-state index contributed by atoms with van der Waals surface area (Å²) in [6, 6.07) is 0. The van der Waals surface area contributed by atoms with Crippen LogP contribution in [0.2, 0.25) is 18.1 Å². The van der Waals surface area contributed by atoms with E-state index in [9.17, 15) is 4.79 Å². The first kappa shape index (κ1) is 19.8. The van der Waals surface area contributed by atoms with Crippen LogP contribution in [0, 0.1) is 0 Å². The third-order valence-corrected chi connectivity index (χ3v) is 9.83. The summed E-state index contributed by atoms with van der Waals surface area (Å²) in [6.45, 7) is 18.7. The van der Waals surface area contributed by atoms with Gasteiger partial charge in [-0.25, -0.2) is 0 Å². The fourth-order valence-electron chi connectivity index (χ4n) is 2.56. The minimum absolute atomic E-state index is 0.0334. The predicted molar refractivity (Wildman–Crippen MR) is 95.2 cm³/mol. The van der Waals surface area contributed by atoms with Crippen LogP contribution in [-0.4, -0.2) is 45.0 Å². The van der Waals surface area contributed by atoms with Crippen molar-refractivity contribution in [3.8, 4) is 0 Å². The maximum Gasteiger partial charge on any atom is 0.195 e. The van der Waals surface area contributed by atoms with Crippen molar-refractivity contribution in [3.05, 3.63) is 11.1 Å². The Hall–Kier alpha value is -0.533. The lowest BCUT2D eigenvalue weighted by molar-refractivity contribution is -0.186. The first-order chi connectivity index (χ1) is 10.8. The number of Topliss-reactive ketones (excluding diaryl/α,β-unsaturated/α-hetero) is 1. The number of carbonyl (C=O) groups is 1. The Morgan fingerprint density at radius 2 is 1.79 bits per heavy atom. The standard InChI is InChI=1S/C18H32O5Si/c1-11-12(2)16(23-24(8,9)17(3,4)5)21-15(14(11)19)13-10-20-18(6,7)22-13/h13,15-16H,10H2,1-9H3/t13-,15-,16+/m0/s1. The zero-order valence-corrected chi connectivity index (χ0v) is 17.5. The van der Waals surface area contributed by atoms with Crippen LogP contribution in [0.15, 0.2) is 11.1 Å². The van der Waals surface area contributed by atoms with E-state index in [0.717, 1.165) is 5.57 Å². The lowest BCUT2D eigenvalue weighted by atomic mass is 9.96. The summed E-state index contributed by atoms with van der Waals surface area (Å²) >= 11 is 0. The molecule has 1 fully saturated rings. The number of hydrogen-bond acceptors (Lipinski definition) is 5. The Balaban J connectivity index is 2.23. The van der Waals surface area contributed by atoms with Crippen LogP contribution in [0.1, 0.15) is 48.5 Å². The first-order valence-electron chi connectivity index (χ1n) is 8.62. The van der Waals surface area contributed by atoms with E-state index >= 15 is 0 Å². The van der Waals surface area contributed by atoms with Gasteiger partial charge in [0, 0.05) is 0 Å². The lowest BCUT2D eigenvalue weighted by Crippen LogP contribution is -2.51. The molecule has 5 nitrogen and oxygen atoms in total. The number of ether oxygens (including phenoxy) is 3. The second-order valence-corrected chi connectivity index (χ2v) is 13.6. The molecule has 2 aliphatic heterocycles. The highest BCUT2D eigenvalue weighted by Gasteiger charge is 2.47. The summed E-state index contributed by atoms with van der Waals surface area (Å²) in [7, 11) is -2.03. The summed E-state index contributed by atoms with van der Waals surface area (Å²) in [5.41, 5.74) is 1.57. The van der Waals surface area contributed by atoms with Gasteiger partial charge in [-0.1, -0.05) is 20.8 Å². The van der Waals surface area contributed by atoms with E-state index in [-0.39, 0.29) is 10.8 Å². The highest BCUT2D eigenvalue weighted by molar-refractivity contribution is 6.74. The zero-order chi connectivity index (χ0) is 18.5. The molecule has 0 bridgehead atoms. The molecule has 0 aromatic carbocycles. The SMILES string of the molecule is CC1=C(C)[C@@H](O[Si](C)(C)C(C)(C)C)O[C@@H]([C@@H]2COC(C)(C)O2)C1=O. The van der Waals surface area contributed by atoms with Crippen molar-refractivity contribution in [1.29, 1.82) is 0 Å². The van der Waals surface area contributed by atoms with Gasteiger partial charge in [-0.3, -0.25) is 4.79 Å². The summed E-state index contributed by atoms with van der Waals surface area (Å²) < 4.78 is 24.0. The monoisotopic (exact) mass is 356 g/mol. The van der Waals surface area contributed by atoms with Gasteiger partial charge in [-0.05, 0) is 57.0 Å². The van der Waals surface area contributed by atoms with Gasteiger partial charge in [0.05, 0.1) is 6.61 Å². The highest BCUT2D eigenvalue weighted by atomic mass is 28.4. The van der Waals surface area contributed by atoms with E-state index in [1.807, 2.05) is 27.7 Å². The minimum Gasteiger partial charge on any atom is -0.389 e. The van der Waals surface area contributed by atoms with Crippen molar-refractivity contribution in [1.82, 2.24) is 0 Å². The maximum absolute atomic E-state index is 12.7. The average Bonchev–Trinajstić information content (AvgIpc) is 2.78. The van der Waals surface area contributed by atoms with Gasteiger partial charge in [0.2, 0.25) is 0 Å². The summed E-state index contributed by atoms with van der Waals surface area (Å²) in [5, 5.41) is 0.0659. The molecule has 2 rings (SSSR count). The summed E-state index contributed by atoms with van der Waals surface area (Å²) in [4.78, 5) is 12.7. The van der Waals surface area contributed by atoms with E-state index in [2.05, 4.69) is 33.9 Å². The fourth-order valence-corrected chi connectivity index (χ4v) is 3.68. The molecule has 0 aliphatic carbocycles. The van der Waals surface area contributed by atoms with Gasteiger partial charge in [0.25, 0.3) is 0 Å². The number of carbonyl (C=O) groups excluding carboxylic acids is 1. The van der Waals surface area contributed by atoms with Crippen molar-refractivity contribution in [2.75, 3.05) is 6.61 Å². The van der Waals surface area contributed by atoms with E-state index in [0.29, 0.717) is 12.2 Å². The first-order valence-corrected chi connectivity index (χ1v) is 11.5. The molecule has 0 unspecified atom stereocenters. The van der Waals surface area contributed by atoms with Crippen LogP contribution >= 0.6 is 0 Å². The molecule has 2 aliphatic rings. The second-order valence-electron chi connectivity index (χ2n) is 8.81. The molecule has 0 aromatic rings. The molecule has 0 aromatic heterocycles. The minimum atomic E-state index is -2.03. The van der Waals surface area contributed by atoms with Crippen LogP contribution < -0.4 is 0 Å². The normalized spacial score (nSPS) is 31.7. The van der Waals surface area contributed by atoms with Crippen LogP contribution in [0.25, 0.3) is 0 Å². The molecule has 2 heterocycles. The van der Waals surface area contributed by atoms with Gasteiger partial charge in [0.15, 0.2) is 32.3 Å². The lowest BCUT2D eigenvalue weighted by Gasteiger charge is -2.42. The number of ketones is 1. The Morgan fingerprint density at radius 1 is 1.21 bits per heavy atom. The average molecular weight is 357 g/mol. The van der Waals surface area contributed by atoms with Crippen LogP contribution in [0.4, 0.5) is 0 Å². The van der Waals surface area contributed by atoms with Crippen molar-refractivity contribution < 1.29 is 23.4 Å².